The first-order valence-corrected chi connectivity index (χ1v) is 7.68. The molecule has 2 aromatic heterocycles. The second-order valence-corrected chi connectivity index (χ2v) is 5.85. The van der Waals surface area contributed by atoms with Gasteiger partial charge in [0.25, 0.3) is 0 Å². The van der Waals surface area contributed by atoms with Gasteiger partial charge in [0.15, 0.2) is 0 Å². The van der Waals surface area contributed by atoms with Crippen molar-refractivity contribution < 1.29 is 0 Å². The second-order valence-electron chi connectivity index (χ2n) is 3.68. The Balaban J connectivity index is 1.79. The number of para-hydroxylation sites is 1. The van der Waals surface area contributed by atoms with E-state index in [9.17, 15) is 0 Å². The van der Waals surface area contributed by atoms with Crippen LogP contribution >= 0.6 is 21.6 Å². The van der Waals surface area contributed by atoms with Crippen LogP contribution in [0.5, 0.6) is 0 Å². The first-order valence-electron chi connectivity index (χ1n) is 5.53. The average molecular weight is 270 g/mol. The molecule has 0 aliphatic rings. The van der Waals surface area contributed by atoms with Gasteiger partial charge in [-0.15, -0.1) is 0 Å². The van der Waals surface area contributed by atoms with E-state index in [0.717, 1.165) is 15.6 Å². The van der Waals surface area contributed by atoms with Crippen molar-refractivity contribution in [2.45, 2.75) is 10.1 Å². The quantitative estimate of drug-likeness (QED) is 0.658. The molecule has 0 aliphatic heterocycles. The van der Waals surface area contributed by atoms with Gasteiger partial charge in [0.1, 0.15) is 10.1 Å². The fourth-order valence-electron chi connectivity index (χ4n) is 1.58. The Morgan fingerprint density at radius 3 is 2.44 bits per heavy atom. The summed E-state index contributed by atoms with van der Waals surface area (Å²) in [5.74, 6) is 0. The molecule has 0 radical (unpaired) electrons. The third kappa shape index (κ3) is 2.66. The van der Waals surface area contributed by atoms with E-state index in [4.69, 9.17) is 0 Å². The largest absolute Gasteiger partial charge is 0.249 e. The highest BCUT2D eigenvalue weighted by molar-refractivity contribution is 8.76. The fourth-order valence-corrected chi connectivity index (χ4v) is 3.33. The monoisotopic (exact) mass is 270 g/mol. The van der Waals surface area contributed by atoms with Gasteiger partial charge in [0, 0.05) is 11.6 Å². The van der Waals surface area contributed by atoms with Crippen molar-refractivity contribution >= 4 is 32.5 Å². The van der Waals surface area contributed by atoms with Crippen LogP contribution in [0.3, 0.4) is 0 Å². The molecule has 88 valence electrons. The Labute approximate surface area is 113 Å². The zero-order valence-corrected chi connectivity index (χ0v) is 11.1. The second kappa shape index (κ2) is 5.42. The maximum Gasteiger partial charge on any atom is 0.108 e. The van der Waals surface area contributed by atoms with Crippen molar-refractivity contribution in [2.75, 3.05) is 0 Å². The van der Waals surface area contributed by atoms with Crippen LogP contribution in [0.4, 0.5) is 0 Å². The molecular formula is C14H10N2S2. The minimum atomic E-state index is 0.998. The van der Waals surface area contributed by atoms with E-state index in [1.807, 2.05) is 42.5 Å². The SMILES string of the molecule is c1ccc(SSc2ccc3ccccc3n2)nc1. The van der Waals surface area contributed by atoms with E-state index in [1.54, 1.807) is 27.8 Å². The molecule has 3 aromatic rings. The van der Waals surface area contributed by atoms with Gasteiger partial charge in [-0.05, 0) is 45.9 Å². The smallest absolute Gasteiger partial charge is 0.108 e. The number of hydrogen-bond donors (Lipinski definition) is 0. The predicted octanol–water partition coefficient (Wildman–Crippen LogP) is 4.43. The first kappa shape index (κ1) is 11.6. The van der Waals surface area contributed by atoms with E-state index < -0.39 is 0 Å². The van der Waals surface area contributed by atoms with Gasteiger partial charge in [0.05, 0.1) is 5.52 Å². The zero-order valence-electron chi connectivity index (χ0n) is 9.48. The van der Waals surface area contributed by atoms with E-state index in [-0.39, 0.29) is 0 Å². The van der Waals surface area contributed by atoms with Crippen molar-refractivity contribution in [2.24, 2.45) is 0 Å². The molecule has 0 spiro atoms. The van der Waals surface area contributed by atoms with Gasteiger partial charge in [-0.3, -0.25) is 0 Å². The molecule has 0 bridgehead atoms. The average Bonchev–Trinajstić information content (AvgIpc) is 2.46. The molecule has 2 heterocycles. The van der Waals surface area contributed by atoms with E-state index in [0.29, 0.717) is 0 Å². The van der Waals surface area contributed by atoms with Crippen LogP contribution in [0.15, 0.2) is 70.8 Å². The maximum atomic E-state index is 4.60. The number of nitrogens with zero attached hydrogens (tertiary/aromatic N) is 2. The molecule has 0 fully saturated rings. The Morgan fingerprint density at radius 2 is 1.56 bits per heavy atom. The summed E-state index contributed by atoms with van der Waals surface area (Å²) in [7, 11) is 3.26. The van der Waals surface area contributed by atoms with Crippen molar-refractivity contribution in [3.8, 4) is 0 Å². The van der Waals surface area contributed by atoms with Crippen LogP contribution in [0.25, 0.3) is 10.9 Å². The molecule has 0 unspecified atom stereocenters. The molecular weight excluding hydrogens is 260 g/mol. The lowest BCUT2D eigenvalue weighted by Crippen LogP contribution is -1.81. The summed E-state index contributed by atoms with van der Waals surface area (Å²) in [4.78, 5) is 8.88. The number of aromatic nitrogens is 2. The summed E-state index contributed by atoms with van der Waals surface area (Å²) in [6, 6.07) is 18.2. The van der Waals surface area contributed by atoms with E-state index in [2.05, 4.69) is 22.1 Å². The standard InChI is InChI=1S/C14H10N2S2/c1-2-6-12-11(5-1)8-9-14(16-12)18-17-13-7-3-4-10-15-13/h1-10H. The number of hydrogen-bond acceptors (Lipinski definition) is 4. The highest BCUT2D eigenvalue weighted by atomic mass is 33.1. The molecule has 18 heavy (non-hydrogen) atoms. The van der Waals surface area contributed by atoms with Crippen LogP contribution < -0.4 is 0 Å². The van der Waals surface area contributed by atoms with E-state index >= 15 is 0 Å². The lowest BCUT2D eigenvalue weighted by atomic mass is 10.2. The molecule has 0 saturated carbocycles. The minimum Gasteiger partial charge on any atom is -0.249 e. The summed E-state index contributed by atoms with van der Waals surface area (Å²) in [5, 5.41) is 3.17. The van der Waals surface area contributed by atoms with E-state index in [1.165, 1.54) is 5.39 Å². The highest BCUT2D eigenvalue weighted by Gasteiger charge is 2.01. The van der Waals surface area contributed by atoms with Crippen LogP contribution in [0.1, 0.15) is 0 Å². The van der Waals surface area contributed by atoms with Crippen molar-refractivity contribution in [1.29, 1.82) is 0 Å². The molecule has 1 aromatic carbocycles. The highest BCUT2D eigenvalue weighted by Crippen LogP contribution is 2.35. The van der Waals surface area contributed by atoms with Gasteiger partial charge in [-0.25, -0.2) is 9.97 Å². The molecule has 0 atom stereocenters. The summed E-state index contributed by atoms with van der Waals surface area (Å²) in [6.45, 7) is 0. The van der Waals surface area contributed by atoms with Crippen LogP contribution in [-0.2, 0) is 0 Å². The molecule has 2 nitrogen and oxygen atoms in total. The molecule has 0 N–H and O–H groups in total. The van der Waals surface area contributed by atoms with Gasteiger partial charge in [-0.1, -0.05) is 30.3 Å². The Kier molecular flexibility index (Phi) is 3.48. The lowest BCUT2D eigenvalue weighted by molar-refractivity contribution is 1.14. The lowest BCUT2D eigenvalue weighted by Gasteiger charge is -2.01. The van der Waals surface area contributed by atoms with Gasteiger partial charge < -0.3 is 0 Å². The minimum absolute atomic E-state index is 0.998. The fraction of sp³-hybridized carbons (Fsp3) is 0. The van der Waals surface area contributed by atoms with Crippen LogP contribution in [0, 0.1) is 0 Å². The number of rotatable bonds is 3. The predicted molar refractivity (Wildman–Crippen MR) is 77.7 cm³/mol. The molecule has 0 amide bonds. The van der Waals surface area contributed by atoms with Gasteiger partial charge in [0.2, 0.25) is 0 Å². The molecule has 3 rings (SSSR count). The summed E-state index contributed by atoms with van der Waals surface area (Å²) < 4.78 is 0. The van der Waals surface area contributed by atoms with Gasteiger partial charge in [-0.2, -0.15) is 0 Å². The normalized spacial score (nSPS) is 10.7. The number of benzene rings is 1. The summed E-state index contributed by atoms with van der Waals surface area (Å²) in [5.41, 5.74) is 1.03. The first-order chi connectivity index (χ1) is 8.92. The third-order valence-electron chi connectivity index (χ3n) is 2.42. The number of pyridine rings is 2. The van der Waals surface area contributed by atoms with Crippen LogP contribution in [-0.4, -0.2) is 9.97 Å². The Bertz CT molecular complexity index is 656. The van der Waals surface area contributed by atoms with Crippen LogP contribution in [0.2, 0.25) is 0 Å². The third-order valence-corrected chi connectivity index (χ3v) is 4.59. The number of fused-ring (bicyclic) bond motifs is 1. The Morgan fingerprint density at radius 1 is 0.722 bits per heavy atom. The summed E-state index contributed by atoms with van der Waals surface area (Å²) >= 11 is 0. The van der Waals surface area contributed by atoms with Crippen molar-refractivity contribution in [3.63, 3.8) is 0 Å². The Hall–Kier alpha value is -1.52. The topological polar surface area (TPSA) is 25.8 Å². The van der Waals surface area contributed by atoms with Gasteiger partial charge >= 0.3 is 0 Å². The van der Waals surface area contributed by atoms with Crippen molar-refractivity contribution in [3.05, 3.63) is 60.8 Å². The van der Waals surface area contributed by atoms with Crippen molar-refractivity contribution in [1.82, 2.24) is 9.97 Å². The molecule has 0 saturated heterocycles. The zero-order chi connectivity index (χ0) is 12.2. The maximum absolute atomic E-state index is 4.60. The molecule has 4 heteroatoms. The molecule has 0 aliphatic carbocycles. The summed E-state index contributed by atoms with van der Waals surface area (Å²) in [6.07, 6.45) is 1.80.